The lowest BCUT2D eigenvalue weighted by Crippen LogP contribution is -2.37. The number of carbonyl (C=O) groups is 1. The van der Waals surface area contributed by atoms with E-state index < -0.39 is 0 Å². The Morgan fingerprint density at radius 2 is 2.19 bits per heavy atom. The molecule has 0 spiro atoms. The van der Waals surface area contributed by atoms with Crippen molar-refractivity contribution in [1.29, 1.82) is 0 Å². The second-order valence-corrected chi connectivity index (χ2v) is 6.06. The van der Waals surface area contributed by atoms with Crippen LogP contribution in [0.5, 0.6) is 5.75 Å². The topological polar surface area (TPSA) is 67.6 Å². The fourth-order valence-electron chi connectivity index (χ4n) is 2.45. The van der Waals surface area contributed by atoms with Crippen LogP contribution < -0.4 is 15.8 Å². The van der Waals surface area contributed by atoms with Crippen LogP contribution in [0.3, 0.4) is 0 Å². The second-order valence-electron chi connectivity index (χ2n) is 6.06. The fraction of sp³-hybridized carbons (Fsp3) is 0.562. The van der Waals surface area contributed by atoms with E-state index in [1.54, 1.807) is 25.3 Å². The molecule has 1 aliphatic carbocycles. The van der Waals surface area contributed by atoms with Crippen molar-refractivity contribution in [2.45, 2.75) is 32.7 Å². The molecule has 0 unspecified atom stereocenters. The average molecular weight is 291 g/mol. The number of carbonyl (C=O) groups excluding carboxylic acids is 1. The highest BCUT2D eigenvalue weighted by atomic mass is 16.5. The molecular formula is C16H25N3O2. The first-order valence-corrected chi connectivity index (χ1v) is 7.47. The summed E-state index contributed by atoms with van der Waals surface area (Å²) in [7, 11) is 1.58. The number of hydrogen-bond donors (Lipinski definition) is 2. The SMILES string of the molecule is COc1ccc(N)cc1NC(=O)CN(CC(C)C)C1CC1. The molecule has 0 radical (unpaired) electrons. The maximum atomic E-state index is 12.3. The highest BCUT2D eigenvalue weighted by molar-refractivity contribution is 5.94. The quantitative estimate of drug-likeness (QED) is 0.757. The van der Waals surface area contributed by atoms with Crippen LogP contribution in [0.25, 0.3) is 0 Å². The molecule has 1 saturated carbocycles. The van der Waals surface area contributed by atoms with Crippen molar-refractivity contribution in [1.82, 2.24) is 4.90 Å². The Bertz CT molecular complexity index is 498. The van der Waals surface area contributed by atoms with Crippen molar-refractivity contribution in [3.8, 4) is 5.75 Å². The number of nitrogens with two attached hydrogens (primary N) is 1. The first-order chi connectivity index (χ1) is 9.99. The molecular weight excluding hydrogens is 266 g/mol. The minimum atomic E-state index is -0.0218. The number of nitrogens with zero attached hydrogens (tertiary/aromatic N) is 1. The van der Waals surface area contributed by atoms with Gasteiger partial charge in [0.2, 0.25) is 5.91 Å². The summed E-state index contributed by atoms with van der Waals surface area (Å²) in [5.74, 6) is 1.16. The molecule has 1 fully saturated rings. The fourth-order valence-corrected chi connectivity index (χ4v) is 2.45. The van der Waals surface area contributed by atoms with Crippen LogP contribution in [0, 0.1) is 5.92 Å². The predicted octanol–water partition coefficient (Wildman–Crippen LogP) is 2.34. The van der Waals surface area contributed by atoms with E-state index in [0.717, 1.165) is 6.54 Å². The van der Waals surface area contributed by atoms with E-state index in [-0.39, 0.29) is 5.91 Å². The monoisotopic (exact) mass is 291 g/mol. The third kappa shape index (κ3) is 4.63. The van der Waals surface area contributed by atoms with Gasteiger partial charge in [0.1, 0.15) is 5.75 Å². The maximum Gasteiger partial charge on any atom is 0.238 e. The van der Waals surface area contributed by atoms with Gasteiger partial charge in [0, 0.05) is 18.3 Å². The number of nitrogen functional groups attached to an aromatic ring is 1. The Kier molecular flexibility index (Phi) is 5.07. The van der Waals surface area contributed by atoms with Gasteiger partial charge >= 0.3 is 0 Å². The van der Waals surface area contributed by atoms with Gasteiger partial charge in [-0.05, 0) is 37.0 Å². The summed E-state index contributed by atoms with van der Waals surface area (Å²) in [6, 6.07) is 5.81. The van der Waals surface area contributed by atoms with Gasteiger partial charge in [-0.1, -0.05) is 13.8 Å². The lowest BCUT2D eigenvalue weighted by molar-refractivity contribution is -0.117. The van der Waals surface area contributed by atoms with Gasteiger partial charge in [-0.2, -0.15) is 0 Å². The first-order valence-electron chi connectivity index (χ1n) is 7.47. The van der Waals surface area contributed by atoms with E-state index >= 15 is 0 Å². The van der Waals surface area contributed by atoms with Crippen LogP contribution in [0.2, 0.25) is 0 Å². The van der Waals surface area contributed by atoms with Crippen LogP contribution in [0.15, 0.2) is 18.2 Å². The van der Waals surface area contributed by atoms with Gasteiger partial charge in [-0.3, -0.25) is 9.69 Å². The molecule has 2 rings (SSSR count). The van der Waals surface area contributed by atoms with Crippen molar-refractivity contribution in [2.24, 2.45) is 5.92 Å². The highest BCUT2D eigenvalue weighted by Gasteiger charge is 2.30. The van der Waals surface area contributed by atoms with Gasteiger partial charge in [0.25, 0.3) is 0 Å². The summed E-state index contributed by atoms with van der Waals surface area (Å²) < 4.78 is 5.25. The second kappa shape index (κ2) is 6.80. The molecule has 1 aromatic rings. The van der Waals surface area contributed by atoms with E-state index in [1.165, 1.54) is 12.8 Å². The van der Waals surface area contributed by atoms with Gasteiger partial charge in [0.15, 0.2) is 0 Å². The molecule has 0 aliphatic heterocycles. The Hall–Kier alpha value is -1.75. The summed E-state index contributed by atoms with van der Waals surface area (Å²) >= 11 is 0. The van der Waals surface area contributed by atoms with Gasteiger partial charge in [-0.25, -0.2) is 0 Å². The van der Waals surface area contributed by atoms with Gasteiger partial charge < -0.3 is 15.8 Å². The average Bonchev–Trinajstić information content (AvgIpc) is 3.21. The highest BCUT2D eigenvalue weighted by Crippen LogP contribution is 2.29. The largest absolute Gasteiger partial charge is 0.495 e. The molecule has 3 N–H and O–H groups in total. The molecule has 0 atom stereocenters. The number of anilines is 2. The van der Waals surface area contributed by atoms with Gasteiger partial charge in [-0.15, -0.1) is 0 Å². The lowest BCUT2D eigenvalue weighted by Gasteiger charge is -2.23. The third-order valence-electron chi connectivity index (χ3n) is 3.51. The van der Waals surface area contributed by atoms with E-state index in [4.69, 9.17) is 10.5 Å². The summed E-state index contributed by atoms with van der Waals surface area (Å²) in [6.07, 6.45) is 2.39. The summed E-state index contributed by atoms with van der Waals surface area (Å²) in [6.45, 7) is 5.72. The minimum Gasteiger partial charge on any atom is -0.495 e. The molecule has 0 bridgehead atoms. The standard InChI is InChI=1S/C16H25N3O2/c1-11(2)9-19(13-5-6-13)10-16(20)18-14-8-12(17)4-7-15(14)21-3/h4,7-8,11,13H,5-6,9-10,17H2,1-3H3,(H,18,20). The molecule has 1 aromatic carbocycles. The zero-order chi connectivity index (χ0) is 15.4. The first kappa shape index (κ1) is 15.6. The molecule has 5 nitrogen and oxygen atoms in total. The molecule has 0 aromatic heterocycles. The van der Waals surface area contributed by atoms with E-state index in [0.29, 0.717) is 35.6 Å². The normalized spacial score (nSPS) is 14.5. The Balaban J connectivity index is 1.98. The van der Waals surface area contributed by atoms with Crippen LogP contribution in [0.4, 0.5) is 11.4 Å². The van der Waals surface area contributed by atoms with Crippen molar-refractivity contribution >= 4 is 17.3 Å². The van der Waals surface area contributed by atoms with E-state index in [1.807, 2.05) is 0 Å². The zero-order valence-electron chi connectivity index (χ0n) is 13.1. The number of rotatable bonds is 7. The zero-order valence-corrected chi connectivity index (χ0v) is 13.1. The predicted molar refractivity (Wildman–Crippen MR) is 85.5 cm³/mol. The molecule has 0 heterocycles. The van der Waals surface area contributed by atoms with Crippen LogP contribution in [-0.4, -0.2) is 37.0 Å². The van der Waals surface area contributed by atoms with Crippen LogP contribution in [-0.2, 0) is 4.79 Å². The summed E-state index contributed by atoms with van der Waals surface area (Å²) in [5.41, 5.74) is 7.00. The minimum absolute atomic E-state index is 0.0218. The summed E-state index contributed by atoms with van der Waals surface area (Å²) in [4.78, 5) is 14.5. The van der Waals surface area contributed by atoms with E-state index in [2.05, 4.69) is 24.1 Å². The van der Waals surface area contributed by atoms with Crippen molar-refractivity contribution in [3.05, 3.63) is 18.2 Å². The summed E-state index contributed by atoms with van der Waals surface area (Å²) in [5, 5.41) is 2.90. The number of amides is 1. The molecule has 0 saturated heterocycles. The van der Waals surface area contributed by atoms with Crippen molar-refractivity contribution in [2.75, 3.05) is 31.2 Å². The van der Waals surface area contributed by atoms with Crippen molar-refractivity contribution < 1.29 is 9.53 Å². The molecule has 5 heteroatoms. The molecule has 1 aliphatic rings. The molecule has 1 amide bonds. The van der Waals surface area contributed by atoms with Gasteiger partial charge in [0.05, 0.1) is 19.3 Å². The number of methoxy groups -OCH3 is 1. The van der Waals surface area contributed by atoms with Crippen LogP contribution >= 0.6 is 0 Å². The third-order valence-corrected chi connectivity index (χ3v) is 3.51. The Morgan fingerprint density at radius 1 is 1.48 bits per heavy atom. The van der Waals surface area contributed by atoms with Crippen LogP contribution in [0.1, 0.15) is 26.7 Å². The smallest absolute Gasteiger partial charge is 0.238 e. The Morgan fingerprint density at radius 3 is 2.76 bits per heavy atom. The molecule has 116 valence electrons. The Labute approximate surface area is 126 Å². The van der Waals surface area contributed by atoms with E-state index in [9.17, 15) is 4.79 Å². The number of benzene rings is 1. The maximum absolute atomic E-state index is 12.3. The number of nitrogens with one attached hydrogen (secondary N) is 1. The van der Waals surface area contributed by atoms with Crippen molar-refractivity contribution in [3.63, 3.8) is 0 Å². The lowest BCUT2D eigenvalue weighted by atomic mass is 10.2. The molecule has 21 heavy (non-hydrogen) atoms. The number of hydrogen-bond acceptors (Lipinski definition) is 4. The number of ether oxygens (including phenoxy) is 1.